The number of carbonyl (C=O) groups excluding carboxylic acids is 1. The number of furan rings is 1. The number of likely N-dealkylation sites (tertiary alicyclic amines) is 1. The molecule has 0 bridgehead atoms. The highest BCUT2D eigenvalue weighted by Crippen LogP contribution is 2.29. The average molecular weight is 368 g/mol. The molecular weight excluding hydrogens is 349 g/mol. The molecule has 1 fully saturated rings. The van der Waals surface area contributed by atoms with Crippen molar-refractivity contribution in [3.63, 3.8) is 0 Å². The van der Waals surface area contributed by atoms with E-state index < -0.39 is 11.7 Å². The fourth-order valence-electron chi connectivity index (χ4n) is 2.98. The largest absolute Gasteiger partial charge is 0.474 e. The van der Waals surface area contributed by atoms with E-state index in [1.807, 2.05) is 0 Å². The second kappa shape index (κ2) is 7.01. The van der Waals surface area contributed by atoms with E-state index >= 15 is 0 Å². The summed E-state index contributed by atoms with van der Waals surface area (Å²) < 4.78 is 48.7. The molecule has 26 heavy (non-hydrogen) atoms. The van der Waals surface area contributed by atoms with Crippen LogP contribution < -0.4 is 4.74 Å². The zero-order valence-electron chi connectivity index (χ0n) is 14.5. The van der Waals surface area contributed by atoms with Crippen LogP contribution in [0.4, 0.5) is 13.2 Å². The van der Waals surface area contributed by atoms with E-state index in [9.17, 15) is 18.0 Å². The second-order valence-corrected chi connectivity index (χ2v) is 6.32. The predicted octanol–water partition coefficient (Wildman–Crippen LogP) is 3.99. The lowest BCUT2D eigenvalue weighted by molar-refractivity contribution is -0.137. The van der Waals surface area contributed by atoms with Crippen LogP contribution in [-0.4, -0.2) is 35.0 Å². The highest BCUT2D eigenvalue weighted by molar-refractivity contribution is 5.95. The molecule has 0 atom stereocenters. The molecule has 1 amide bonds. The Balaban J connectivity index is 1.55. The Kier molecular flexibility index (Phi) is 4.93. The summed E-state index contributed by atoms with van der Waals surface area (Å²) in [4.78, 5) is 18.0. The van der Waals surface area contributed by atoms with Crippen LogP contribution in [0.15, 0.2) is 28.8 Å². The number of nitrogens with zero attached hydrogens (tertiary/aromatic N) is 2. The molecule has 0 aliphatic carbocycles. The molecule has 0 N–H and O–H groups in total. The van der Waals surface area contributed by atoms with Gasteiger partial charge < -0.3 is 14.1 Å². The number of amides is 1. The first-order valence-electron chi connectivity index (χ1n) is 8.30. The molecule has 1 saturated heterocycles. The number of hydrogen-bond donors (Lipinski definition) is 0. The van der Waals surface area contributed by atoms with Gasteiger partial charge in [-0.1, -0.05) is 0 Å². The Bertz CT molecular complexity index is 776. The maximum atomic E-state index is 12.5. The van der Waals surface area contributed by atoms with Gasteiger partial charge >= 0.3 is 6.18 Å². The standard InChI is InChI=1S/C18H19F3N2O3/c1-11-9-15(12(2)25-11)17(24)23-7-5-14(6-8-23)26-16-4-3-13(10-22-16)18(19,20)21/h3-4,9-10,14H,5-8H2,1-2H3. The maximum Gasteiger partial charge on any atom is 0.417 e. The Morgan fingerprint density at radius 2 is 1.96 bits per heavy atom. The average Bonchev–Trinajstić information content (AvgIpc) is 2.93. The molecule has 3 rings (SSSR count). The summed E-state index contributed by atoms with van der Waals surface area (Å²) in [5.74, 6) is 1.37. The molecule has 1 aliphatic heterocycles. The molecule has 0 saturated carbocycles. The highest BCUT2D eigenvalue weighted by Gasteiger charge is 2.31. The number of ether oxygens (including phenoxy) is 1. The number of aromatic nitrogens is 1. The van der Waals surface area contributed by atoms with E-state index in [1.54, 1.807) is 24.8 Å². The van der Waals surface area contributed by atoms with Crippen molar-refractivity contribution in [3.8, 4) is 5.88 Å². The summed E-state index contributed by atoms with van der Waals surface area (Å²) in [6, 6.07) is 3.90. The van der Waals surface area contributed by atoms with Crippen LogP contribution in [0, 0.1) is 13.8 Å². The third kappa shape index (κ3) is 4.00. The van der Waals surface area contributed by atoms with Gasteiger partial charge in [0.15, 0.2) is 0 Å². The minimum absolute atomic E-state index is 0.0783. The zero-order chi connectivity index (χ0) is 18.9. The first-order chi connectivity index (χ1) is 12.2. The SMILES string of the molecule is Cc1cc(C(=O)N2CCC(Oc3ccc(C(F)(F)F)cn3)CC2)c(C)o1. The minimum Gasteiger partial charge on any atom is -0.474 e. The Labute approximate surface area is 148 Å². The number of carbonyl (C=O) groups is 1. The molecule has 2 aromatic heterocycles. The number of aryl methyl sites for hydroxylation is 2. The van der Waals surface area contributed by atoms with Gasteiger partial charge in [-0.15, -0.1) is 0 Å². The lowest BCUT2D eigenvalue weighted by Gasteiger charge is -2.31. The van der Waals surface area contributed by atoms with Crippen molar-refractivity contribution in [1.29, 1.82) is 0 Å². The molecule has 8 heteroatoms. The number of pyridine rings is 1. The van der Waals surface area contributed by atoms with Crippen molar-refractivity contribution in [2.24, 2.45) is 0 Å². The minimum atomic E-state index is -4.42. The van der Waals surface area contributed by atoms with E-state index in [-0.39, 0.29) is 17.9 Å². The van der Waals surface area contributed by atoms with Crippen LogP contribution in [0.3, 0.4) is 0 Å². The third-order valence-electron chi connectivity index (χ3n) is 4.35. The highest BCUT2D eigenvalue weighted by atomic mass is 19.4. The van der Waals surface area contributed by atoms with Gasteiger partial charge in [-0.2, -0.15) is 13.2 Å². The number of rotatable bonds is 3. The molecule has 0 unspecified atom stereocenters. The molecule has 0 aromatic carbocycles. The van der Waals surface area contributed by atoms with Crippen molar-refractivity contribution in [1.82, 2.24) is 9.88 Å². The van der Waals surface area contributed by atoms with E-state index in [0.717, 1.165) is 12.3 Å². The molecular formula is C18H19F3N2O3. The van der Waals surface area contributed by atoms with Crippen molar-refractivity contribution < 1.29 is 27.1 Å². The predicted molar refractivity (Wildman–Crippen MR) is 87.0 cm³/mol. The molecule has 140 valence electrons. The summed E-state index contributed by atoms with van der Waals surface area (Å²) in [6.07, 6.45) is -2.66. The number of piperidine rings is 1. The molecule has 1 aliphatic rings. The lowest BCUT2D eigenvalue weighted by atomic mass is 10.1. The zero-order valence-corrected chi connectivity index (χ0v) is 14.5. The fourth-order valence-corrected chi connectivity index (χ4v) is 2.98. The summed E-state index contributed by atoms with van der Waals surface area (Å²) >= 11 is 0. The van der Waals surface area contributed by atoms with Gasteiger partial charge in [0.25, 0.3) is 5.91 Å². The summed E-state index contributed by atoms with van der Waals surface area (Å²) in [6.45, 7) is 4.56. The first-order valence-corrected chi connectivity index (χ1v) is 8.30. The van der Waals surface area contributed by atoms with Gasteiger partial charge in [0, 0.05) is 38.2 Å². The van der Waals surface area contributed by atoms with Gasteiger partial charge in [0.05, 0.1) is 11.1 Å². The monoisotopic (exact) mass is 368 g/mol. The van der Waals surface area contributed by atoms with Crippen molar-refractivity contribution in [2.45, 2.75) is 39.0 Å². The third-order valence-corrected chi connectivity index (χ3v) is 4.35. The van der Waals surface area contributed by atoms with Crippen LogP contribution >= 0.6 is 0 Å². The Morgan fingerprint density at radius 1 is 1.27 bits per heavy atom. The van der Waals surface area contributed by atoms with E-state index in [4.69, 9.17) is 9.15 Å². The van der Waals surface area contributed by atoms with Crippen LogP contribution in [-0.2, 0) is 6.18 Å². The number of halogens is 3. The maximum absolute atomic E-state index is 12.5. The molecule has 0 radical (unpaired) electrons. The van der Waals surface area contributed by atoms with Crippen LogP contribution in [0.5, 0.6) is 5.88 Å². The second-order valence-electron chi connectivity index (χ2n) is 6.32. The Hall–Kier alpha value is -2.51. The Morgan fingerprint density at radius 3 is 2.46 bits per heavy atom. The quantitative estimate of drug-likeness (QED) is 0.822. The molecule has 5 nitrogen and oxygen atoms in total. The summed E-state index contributed by atoms with van der Waals surface area (Å²) in [7, 11) is 0. The number of hydrogen-bond acceptors (Lipinski definition) is 4. The van der Waals surface area contributed by atoms with E-state index in [0.29, 0.717) is 43.0 Å². The van der Waals surface area contributed by atoms with Gasteiger partial charge in [0.1, 0.15) is 17.6 Å². The van der Waals surface area contributed by atoms with Crippen LogP contribution in [0.25, 0.3) is 0 Å². The molecule has 2 aromatic rings. The van der Waals surface area contributed by atoms with Crippen LogP contribution in [0.2, 0.25) is 0 Å². The normalized spacial score (nSPS) is 16.0. The van der Waals surface area contributed by atoms with Gasteiger partial charge in [-0.25, -0.2) is 4.98 Å². The van der Waals surface area contributed by atoms with Gasteiger partial charge in [-0.05, 0) is 26.0 Å². The summed E-state index contributed by atoms with van der Waals surface area (Å²) in [5, 5.41) is 0. The topological polar surface area (TPSA) is 55.6 Å². The van der Waals surface area contributed by atoms with Gasteiger partial charge in [-0.3, -0.25) is 4.79 Å². The summed E-state index contributed by atoms with van der Waals surface area (Å²) in [5.41, 5.74) is -0.248. The van der Waals surface area contributed by atoms with Crippen LogP contribution in [0.1, 0.15) is 40.3 Å². The van der Waals surface area contributed by atoms with Crippen molar-refractivity contribution in [2.75, 3.05) is 13.1 Å². The molecule has 0 spiro atoms. The fraction of sp³-hybridized carbons (Fsp3) is 0.444. The lowest BCUT2D eigenvalue weighted by Crippen LogP contribution is -2.41. The smallest absolute Gasteiger partial charge is 0.417 e. The molecule has 3 heterocycles. The van der Waals surface area contributed by atoms with E-state index in [1.165, 1.54) is 6.07 Å². The van der Waals surface area contributed by atoms with E-state index in [2.05, 4.69) is 4.98 Å². The van der Waals surface area contributed by atoms with Crippen molar-refractivity contribution in [3.05, 3.63) is 47.0 Å². The first kappa shape index (κ1) is 18.3. The van der Waals surface area contributed by atoms with Gasteiger partial charge in [0.2, 0.25) is 5.88 Å². The van der Waals surface area contributed by atoms with Crippen molar-refractivity contribution >= 4 is 5.91 Å². The number of alkyl halides is 3.